The van der Waals surface area contributed by atoms with Gasteiger partial charge in [-0.05, 0) is 19.1 Å². The number of carbonyl (C=O) groups is 1. The van der Waals surface area contributed by atoms with Crippen molar-refractivity contribution >= 4 is 11.6 Å². The van der Waals surface area contributed by atoms with Crippen molar-refractivity contribution in [3.05, 3.63) is 18.2 Å². The quantitative estimate of drug-likeness (QED) is 0.757. The lowest BCUT2D eigenvalue weighted by Gasteiger charge is -2.18. The molecule has 1 amide bonds. The average Bonchev–Trinajstić information content (AvgIpc) is 2.39. The summed E-state index contributed by atoms with van der Waals surface area (Å²) in [4.78, 5) is 11.9. The van der Waals surface area contributed by atoms with E-state index in [1.54, 1.807) is 13.8 Å². The van der Waals surface area contributed by atoms with Crippen LogP contribution in [0.4, 0.5) is 23.2 Å². The molecule has 0 saturated carbocycles. The van der Waals surface area contributed by atoms with Crippen LogP contribution in [0.1, 0.15) is 13.8 Å². The molecule has 0 heterocycles. The highest BCUT2D eigenvalue weighted by molar-refractivity contribution is 5.94. The first-order valence-electron chi connectivity index (χ1n) is 6.30. The number of nitrogens with one attached hydrogen (secondary N) is 1. The van der Waals surface area contributed by atoms with Gasteiger partial charge in [-0.25, -0.2) is 0 Å². The summed E-state index contributed by atoms with van der Waals surface area (Å²) in [5.41, 5.74) is 5.48. The van der Waals surface area contributed by atoms with Crippen molar-refractivity contribution in [3.63, 3.8) is 0 Å². The number of nitrogens with two attached hydrogens (primary N) is 1. The highest BCUT2D eigenvalue weighted by Gasteiger charge is 2.20. The number of carbonyl (C=O) groups excluding carboxylic acids is 1. The summed E-state index contributed by atoms with van der Waals surface area (Å²) < 4.78 is 57.3. The lowest BCUT2D eigenvalue weighted by Crippen LogP contribution is -2.34. The van der Waals surface area contributed by atoms with Crippen molar-refractivity contribution in [1.82, 2.24) is 0 Å². The molecule has 0 bridgehead atoms. The third kappa shape index (κ3) is 5.40. The Labute approximate surface area is 124 Å². The number of halogens is 4. The third-order valence-corrected chi connectivity index (χ3v) is 2.85. The lowest BCUT2D eigenvalue weighted by atomic mass is 10.0. The predicted molar refractivity (Wildman–Crippen MR) is 71.1 cm³/mol. The fourth-order valence-electron chi connectivity index (χ4n) is 1.46. The number of benzene rings is 1. The van der Waals surface area contributed by atoms with Crippen LogP contribution in [0.25, 0.3) is 0 Å². The van der Waals surface area contributed by atoms with E-state index in [0.717, 1.165) is 18.2 Å². The van der Waals surface area contributed by atoms with Gasteiger partial charge >= 0.3 is 13.2 Å². The molecule has 0 aliphatic heterocycles. The van der Waals surface area contributed by atoms with Crippen LogP contribution < -0.4 is 20.5 Å². The number of rotatable bonds is 7. The van der Waals surface area contributed by atoms with Crippen LogP contribution in [0.2, 0.25) is 0 Å². The van der Waals surface area contributed by atoms with Gasteiger partial charge in [-0.2, -0.15) is 17.6 Å². The zero-order chi connectivity index (χ0) is 16.9. The molecule has 1 aromatic rings. The Morgan fingerprint density at radius 2 is 1.73 bits per heavy atom. The lowest BCUT2D eigenvalue weighted by molar-refractivity contribution is -0.119. The highest BCUT2D eigenvalue weighted by atomic mass is 19.3. The maximum absolute atomic E-state index is 12.4. The molecule has 3 N–H and O–H groups in total. The molecule has 1 rings (SSSR count). The molecule has 124 valence electrons. The number of hydrogen-bond donors (Lipinski definition) is 2. The normalized spacial score (nSPS) is 13.9. The SMILES string of the molecule is CC(N)C(C)C(=O)Nc1ccc(OC(F)F)cc1OC(F)F. The minimum atomic E-state index is -3.19. The fourth-order valence-corrected chi connectivity index (χ4v) is 1.46. The second-order valence-electron chi connectivity index (χ2n) is 4.55. The Kier molecular flexibility index (Phi) is 6.41. The van der Waals surface area contributed by atoms with Crippen LogP contribution in [-0.4, -0.2) is 25.2 Å². The number of alkyl halides is 4. The molecular weight excluding hydrogens is 308 g/mol. The number of anilines is 1. The Balaban J connectivity index is 2.99. The van der Waals surface area contributed by atoms with Crippen LogP contribution >= 0.6 is 0 Å². The largest absolute Gasteiger partial charge is 0.435 e. The number of ether oxygens (including phenoxy) is 2. The highest BCUT2D eigenvalue weighted by Crippen LogP contribution is 2.31. The number of amides is 1. The monoisotopic (exact) mass is 324 g/mol. The van der Waals surface area contributed by atoms with Gasteiger partial charge in [0.05, 0.1) is 11.6 Å². The Bertz CT molecular complexity index is 512. The first kappa shape index (κ1) is 18.0. The van der Waals surface area contributed by atoms with Crippen molar-refractivity contribution < 1.29 is 31.8 Å². The van der Waals surface area contributed by atoms with E-state index in [1.165, 1.54) is 0 Å². The molecule has 0 aromatic heterocycles. The second-order valence-corrected chi connectivity index (χ2v) is 4.55. The minimum Gasteiger partial charge on any atom is -0.435 e. The van der Waals surface area contributed by atoms with Gasteiger partial charge in [0.2, 0.25) is 5.91 Å². The van der Waals surface area contributed by atoms with Crippen LogP contribution in [0.3, 0.4) is 0 Å². The number of hydrogen-bond acceptors (Lipinski definition) is 4. The molecule has 0 aliphatic carbocycles. The van der Waals surface area contributed by atoms with Crippen molar-refractivity contribution in [3.8, 4) is 11.5 Å². The summed E-state index contributed by atoms with van der Waals surface area (Å²) in [6.45, 7) is -3.14. The molecule has 2 unspecified atom stereocenters. The zero-order valence-electron chi connectivity index (χ0n) is 11.9. The minimum absolute atomic E-state index is 0.0978. The molecule has 9 heteroatoms. The van der Waals surface area contributed by atoms with E-state index in [1.807, 2.05) is 0 Å². The maximum atomic E-state index is 12.4. The van der Waals surface area contributed by atoms with Crippen molar-refractivity contribution in [1.29, 1.82) is 0 Å². The fraction of sp³-hybridized carbons (Fsp3) is 0.462. The Morgan fingerprint density at radius 1 is 1.14 bits per heavy atom. The topological polar surface area (TPSA) is 73.6 Å². The van der Waals surface area contributed by atoms with Gasteiger partial charge in [-0.1, -0.05) is 6.92 Å². The summed E-state index contributed by atoms with van der Waals surface area (Å²) in [5.74, 6) is -1.96. The van der Waals surface area contributed by atoms with E-state index >= 15 is 0 Å². The van der Waals surface area contributed by atoms with Gasteiger partial charge in [0.1, 0.15) is 5.75 Å². The van der Waals surface area contributed by atoms with Gasteiger partial charge in [-0.15, -0.1) is 0 Å². The smallest absolute Gasteiger partial charge is 0.387 e. The molecule has 0 saturated heterocycles. The van der Waals surface area contributed by atoms with Gasteiger partial charge in [-0.3, -0.25) is 4.79 Å². The second kappa shape index (κ2) is 7.83. The van der Waals surface area contributed by atoms with Gasteiger partial charge < -0.3 is 20.5 Å². The van der Waals surface area contributed by atoms with Gasteiger partial charge in [0.25, 0.3) is 0 Å². The van der Waals surface area contributed by atoms with Gasteiger partial charge in [0.15, 0.2) is 5.75 Å². The molecule has 0 aliphatic rings. The Morgan fingerprint density at radius 3 is 2.23 bits per heavy atom. The summed E-state index contributed by atoms with van der Waals surface area (Å²) >= 11 is 0. The zero-order valence-corrected chi connectivity index (χ0v) is 11.9. The summed E-state index contributed by atoms with van der Waals surface area (Å²) in [7, 11) is 0. The summed E-state index contributed by atoms with van der Waals surface area (Å²) in [6, 6.07) is 2.60. The molecule has 0 radical (unpaired) electrons. The van der Waals surface area contributed by atoms with E-state index in [2.05, 4.69) is 14.8 Å². The van der Waals surface area contributed by atoms with E-state index in [0.29, 0.717) is 0 Å². The van der Waals surface area contributed by atoms with Crippen LogP contribution in [0, 0.1) is 5.92 Å². The van der Waals surface area contributed by atoms with Crippen LogP contribution in [0.15, 0.2) is 18.2 Å². The first-order chi connectivity index (χ1) is 10.2. The van der Waals surface area contributed by atoms with Crippen molar-refractivity contribution in [2.24, 2.45) is 11.7 Å². The molecule has 5 nitrogen and oxygen atoms in total. The van der Waals surface area contributed by atoms with E-state index in [9.17, 15) is 22.4 Å². The standard InChI is InChI=1S/C13H16F4N2O3/c1-6(7(2)18)11(20)19-9-4-3-8(21-12(14)15)5-10(9)22-13(16)17/h3-7,12-13H,18H2,1-2H3,(H,19,20). The molecule has 2 atom stereocenters. The molecule has 22 heavy (non-hydrogen) atoms. The maximum Gasteiger partial charge on any atom is 0.387 e. The van der Waals surface area contributed by atoms with Gasteiger partial charge in [0, 0.05) is 12.1 Å². The molecule has 0 fully saturated rings. The third-order valence-electron chi connectivity index (χ3n) is 2.85. The van der Waals surface area contributed by atoms with Crippen molar-refractivity contribution in [2.45, 2.75) is 33.1 Å². The summed E-state index contributed by atoms with van der Waals surface area (Å²) in [6.07, 6.45) is 0. The average molecular weight is 324 g/mol. The van der Waals surface area contributed by atoms with E-state index in [4.69, 9.17) is 5.73 Å². The van der Waals surface area contributed by atoms with Crippen molar-refractivity contribution in [2.75, 3.05) is 5.32 Å². The van der Waals surface area contributed by atoms with E-state index in [-0.39, 0.29) is 11.4 Å². The first-order valence-corrected chi connectivity index (χ1v) is 6.30. The Hall–Kier alpha value is -2.03. The molecule has 0 spiro atoms. The van der Waals surface area contributed by atoms with E-state index < -0.39 is 36.8 Å². The predicted octanol–water partition coefficient (Wildman–Crippen LogP) is 2.81. The van der Waals surface area contributed by atoms with Crippen LogP contribution in [-0.2, 0) is 4.79 Å². The van der Waals surface area contributed by atoms with Crippen LogP contribution in [0.5, 0.6) is 11.5 Å². The molecule has 1 aromatic carbocycles. The molecular formula is C13H16F4N2O3. The summed E-state index contributed by atoms with van der Waals surface area (Å²) in [5, 5.41) is 2.36.